The minimum Gasteiger partial charge on any atom is -0.372 e. The summed E-state index contributed by atoms with van der Waals surface area (Å²) in [4.78, 5) is 15.6. The highest BCUT2D eigenvalue weighted by atomic mass is 79.9. The van der Waals surface area contributed by atoms with Crippen molar-refractivity contribution in [1.29, 1.82) is 0 Å². The molecule has 3 aromatic carbocycles. The molecule has 1 N–H and O–H groups in total. The molecule has 0 aliphatic carbocycles. The summed E-state index contributed by atoms with van der Waals surface area (Å²) < 4.78 is 29.1. The predicted octanol–water partition coefficient (Wildman–Crippen LogP) is 5.82. The van der Waals surface area contributed by atoms with Crippen molar-refractivity contribution in [2.24, 2.45) is 0 Å². The first-order valence-electron chi connectivity index (χ1n) is 12.2. The van der Waals surface area contributed by atoms with Crippen LogP contribution in [0.1, 0.15) is 43.4 Å². The average molecular weight is 571 g/mol. The summed E-state index contributed by atoms with van der Waals surface area (Å²) in [5, 5.41) is 2.97. The Hall–Kier alpha value is -2.84. The van der Waals surface area contributed by atoms with Crippen molar-refractivity contribution in [3.63, 3.8) is 0 Å². The standard InChI is InChI=1S/C28H32BrN3O3S/c1-21-6-16-27(17-7-21)36(34,35)32(26-14-10-24(29)11-15-26)20-28(33)30-22(2)23-8-12-25(13-9-23)31-18-4-3-5-19-31/h6-17,22H,3-5,18-20H2,1-2H3,(H,30,33). The van der Waals surface area contributed by atoms with Crippen LogP contribution in [-0.2, 0) is 14.8 Å². The third-order valence-electron chi connectivity index (χ3n) is 6.50. The fourth-order valence-electron chi connectivity index (χ4n) is 4.39. The van der Waals surface area contributed by atoms with Crippen LogP contribution >= 0.6 is 15.9 Å². The van der Waals surface area contributed by atoms with Gasteiger partial charge in [-0.25, -0.2) is 8.42 Å². The first kappa shape index (κ1) is 26.2. The number of nitrogens with one attached hydrogen (secondary N) is 1. The maximum absolute atomic E-state index is 13.5. The van der Waals surface area contributed by atoms with Crippen LogP contribution < -0.4 is 14.5 Å². The van der Waals surface area contributed by atoms with Gasteiger partial charge in [-0.1, -0.05) is 45.8 Å². The second-order valence-corrected chi connectivity index (χ2v) is 12.0. The Labute approximate surface area is 222 Å². The number of rotatable bonds is 8. The highest BCUT2D eigenvalue weighted by molar-refractivity contribution is 9.10. The van der Waals surface area contributed by atoms with Crippen molar-refractivity contribution in [3.8, 4) is 0 Å². The highest BCUT2D eigenvalue weighted by Gasteiger charge is 2.27. The fraction of sp³-hybridized carbons (Fsp3) is 0.321. The molecular weight excluding hydrogens is 538 g/mol. The third-order valence-corrected chi connectivity index (χ3v) is 8.82. The number of piperidine rings is 1. The van der Waals surface area contributed by atoms with Gasteiger partial charge in [-0.3, -0.25) is 9.10 Å². The summed E-state index contributed by atoms with van der Waals surface area (Å²) in [6.07, 6.45) is 3.72. The van der Waals surface area contributed by atoms with Crippen LogP contribution in [0, 0.1) is 6.92 Å². The molecule has 1 unspecified atom stereocenters. The normalized spacial score (nSPS) is 14.8. The summed E-state index contributed by atoms with van der Waals surface area (Å²) in [6, 6.07) is 21.5. The summed E-state index contributed by atoms with van der Waals surface area (Å²) in [5.41, 5.74) is 3.55. The molecule has 6 nitrogen and oxygen atoms in total. The van der Waals surface area contributed by atoms with E-state index in [1.165, 1.54) is 24.9 Å². The van der Waals surface area contributed by atoms with Crippen LogP contribution in [0.5, 0.6) is 0 Å². The van der Waals surface area contributed by atoms with E-state index >= 15 is 0 Å². The smallest absolute Gasteiger partial charge is 0.264 e. The Morgan fingerprint density at radius 3 is 2.17 bits per heavy atom. The van der Waals surface area contributed by atoms with Gasteiger partial charge in [0.25, 0.3) is 10.0 Å². The molecule has 190 valence electrons. The Kier molecular flexibility index (Phi) is 8.36. The number of nitrogens with zero attached hydrogens (tertiary/aromatic N) is 2. The molecule has 1 saturated heterocycles. The molecule has 1 amide bonds. The molecule has 1 aliphatic rings. The largest absolute Gasteiger partial charge is 0.372 e. The summed E-state index contributed by atoms with van der Waals surface area (Å²) in [7, 11) is -3.95. The van der Waals surface area contributed by atoms with Gasteiger partial charge in [0, 0.05) is 23.2 Å². The maximum atomic E-state index is 13.5. The lowest BCUT2D eigenvalue weighted by atomic mass is 10.1. The molecule has 1 heterocycles. The van der Waals surface area contributed by atoms with E-state index in [2.05, 4.69) is 38.3 Å². The van der Waals surface area contributed by atoms with Crippen LogP contribution in [0.4, 0.5) is 11.4 Å². The molecule has 36 heavy (non-hydrogen) atoms. The van der Waals surface area contributed by atoms with Gasteiger partial charge in [0.1, 0.15) is 6.54 Å². The second kappa shape index (κ2) is 11.5. The van der Waals surface area contributed by atoms with E-state index < -0.39 is 10.0 Å². The molecular formula is C28H32BrN3O3S. The molecule has 0 spiro atoms. The fourth-order valence-corrected chi connectivity index (χ4v) is 6.07. The molecule has 1 fully saturated rings. The molecule has 4 rings (SSSR count). The number of hydrogen-bond acceptors (Lipinski definition) is 4. The van der Waals surface area contributed by atoms with Crippen molar-refractivity contribution in [2.75, 3.05) is 28.8 Å². The number of benzene rings is 3. The quantitative estimate of drug-likeness (QED) is 0.371. The Morgan fingerprint density at radius 1 is 0.944 bits per heavy atom. The molecule has 1 atom stereocenters. The van der Waals surface area contributed by atoms with Crippen LogP contribution in [0.25, 0.3) is 0 Å². The highest BCUT2D eigenvalue weighted by Crippen LogP contribution is 2.26. The van der Waals surface area contributed by atoms with Gasteiger partial charge in [-0.15, -0.1) is 0 Å². The van der Waals surface area contributed by atoms with E-state index in [1.807, 2.05) is 26.0 Å². The topological polar surface area (TPSA) is 69.7 Å². The van der Waals surface area contributed by atoms with Crippen LogP contribution in [0.15, 0.2) is 82.2 Å². The zero-order valence-corrected chi connectivity index (χ0v) is 23.1. The Balaban J connectivity index is 1.50. The van der Waals surface area contributed by atoms with E-state index in [4.69, 9.17) is 0 Å². The number of aryl methyl sites for hydroxylation is 1. The van der Waals surface area contributed by atoms with Crippen molar-refractivity contribution < 1.29 is 13.2 Å². The van der Waals surface area contributed by atoms with Crippen molar-refractivity contribution >= 4 is 43.2 Å². The summed E-state index contributed by atoms with van der Waals surface area (Å²) >= 11 is 3.39. The van der Waals surface area contributed by atoms with E-state index in [0.717, 1.165) is 33.0 Å². The molecule has 0 bridgehead atoms. The molecule has 0 radical (unpaired) electrons. The molecule has 1 aliphatic heterocycles. The maximum Gasteiger partial charge on any atom is 0.264 e. The van der Waals surface area contributed by atoms with E-state index in [1.54, 1.807) is 48.5 Å². The lowest BCUT2D eigenvalue weighted by Gasteiger charge is -2.29. The van der Waals surface area contributed by atoms with Crippen LogP contribution in [-0.4, -0.2) is 34.0 Å². The second-order valence-electron chi connectivity index (χ2n) is 9.23. The zero-order valence-electron chi connectivity index (χ0n) is 20.7. The predicted molar refractivity (Wildman–Crippen MR) is 149 cm³/mol. The third kappa shape index (κ3) is 6.28. The van der Waals surface area contributed by atoms with Gasteiger partial charge < -0.3 is 10.2 Å². The Bertz CT molecular complexity index is 1270. The first-order valence-corrected chi connectivity index (χ1v) is 14.5. The number of hydrogen-bond donors (Lipinski definition) is 1. The molecule has 0 aromatic heterocycles. The minimum absolute atomic E-state index is 0.144. The van der Waals surface area contributed by atoms with E-state index in [0.29, 0.717) is 5.69 Å². The van der Waals surface area contributed by atoms with E-state index in [9.17, 15) is 13.2 Å². The van der Waals surface area contributed by atoms with Gasteiger partial charge >= 0.3 is 0 Å². The number of anilines is 2. The zero-order chi connectivity index (χ0) is 25.7. The van der Waals surface area contributed by atoms with Crippen molar-refractivity contribution in [2.45, 2.75) is 44.0 Å². The lowest BCUT2D eigenvalue weighted by molar-refractivity contribution is -0.120. The number of carbonyl (C=O) groups is 1. The van der Waals surface area contributed by atoms with Gasteiger partial charge in [-0.05, 0) is 87.2 Å². The van der Waals surface area contributed by atoms with Gasteiger partial charge in [-0.2, -0.15) is 0 Å². The number of halogens is 1. The SMILES string of the molecule is Cc1ccc(S(=O)(=O)N(CC(=O)NC(C)c2ccc(N3CCCCC3)cc2)c2ccc(Br)cc2)cc1. The molecule has 3 aromatic rings. The number of carbonyl (C=O) groups excluding carboxylic acids is 1. The van der Waals surface area contributed by atoms with Crippen molar-refractivity contribution in [3.05, 3.63) is 88.4 Å². The first-order chi connectivity index (χ1) is 17.2. The number of sulfonamides is 1. The lowest BCUT2D eigenvalue weighted by Crippen LogP contribution is -2.41. The van der Waals surface area contributed by atoms with Gasteiger partial charge in [0.05, 0.1) is 16.6 Å². The minimum atomic E-state index is -3.95. The van der Waals surface area contributed by atoms with Gasteiger partial charge in [0.2, 0.25) is 5.91 Å². The van der Waals surface area contributed by atoms with Gasteiger partial charge in [0.15, 0.2) is 0 Å². The van der Waals surface area contributed by atoms with E-state index in [-0.39, 0.29) is 23.4 Å². The summed E-state index contributed by atoms with van der Waals surface area (Å²) in [5.74, 6) is -0.374. The monoisotopic (exact) mass is 569 g/mol. The Morgan fingerprint density at radius 2 is 1.56 bits per heavy atom. The van der Waals surface area contributed by atoms with Crippen LogP contribution in [0.2, 0.25) is 0 Å². The average Bonchev–Trinajstić information content (AvgIpc) is 2.89. The molecule has 8 heteroatoms. The van der Waals surface area contributed by atoms with Crippen LogP contribution in [0.3, 0.4) is 0 Å². The molecule has 0 saturated carbocycles. The van der Waals surface area contributed by atoms with Crippen molar-refractivity contribution in [1.82, 2.24) is 5.32 Å². The number of amides is 1. The summed E-state index contributed by atoms with van der Waals surface area (Å²) in [6.45, 7) is 5.64.